The Kier molecular flexibility index (Phi) is 7.83. The minimum atomic E-state index is -0.293. The fraction of sp³-hybridized carbons (Fsp3) is 0.462. The fourth-order valence-electron chi connectivity index (χ4n) is 4.83. The zero-order chi connectivity index (χ0) is 23.0. The Labute approximate surface area is 195 Å². The summed E-state index contributed by atoms with van der Waals surface area (Å²) in [5, 5.41) is 3.10. The summed E-state index contributed by atoms with van der Waals surface area (Å²) in [7, 11) is 1.63. The normalized spacial score (nSPS) is 18.0. The van der Waals surface area contributed by atoms with Gasteiger partial charge in [-0.1, -0.05) is 43.2 Å². The maximum Gasteiger partial charge on any atom is 0.410 e. The molecule has 0 bridgehead atoms. The topological polar surface area (TPSA) is 71.1 Å². The van der Waals surface area contributed by atoms with Crippen LogP contribution >= 0.6 is 0 Å². The number of carbonyl (C=O) groups is 2. The Morgan fingerprint density at radius 3 is 2.27 bits per heavy atom. The minimum absolute atomic E-state index is 0.0344. The van der Waals surface area contributed by atoms with Crippen molar-refractivity contribution < 1.29 is 19.1 Å². The lowest BCUT2D eigenvalue weighted by molar-refractivity contribution is -0.124. The Morgan fingerprint density at radius 1 is 0.970 bits per heavy atom. The van der Waals surface area contributed by atoms with E-state index >= 15 is 0 Å². The Hall–Kier alpha value is -3.06. The van der Waals surface area contributed by atoms with Gasteiger partial charge in [-0.15, -0.1) is 0 Å². The molecule has 1 N–H and O–H groups in total. The third kappa shape index (κ3) is 6.05. The first-order valence-corrected chi connectivity index (χ1v) is 11.8. The van der Waals surface area contributed by atoms with Crippen LogP contribution in [0.2, 0.25) is 0 Å². The van der Waals surface area contributed by atoms with E-state index in [9.17, 15) is 9.59 Å². The highest BCUT2D eigenvalue weighted by Gasteiger charge is 2.37. The quantitative estimate of drug-likeness (QED) is 0.685. The third-order valence-electron chi connectivity index (χ3n) is 6.64. The predicted molar refractivity (Wildman–Crippen MR) is 127 cm³/mol. The second kappa shape index (κ2) is 11.2. The molecular formula is C26H33N3O4. The van der Waals surface area contributed by atoms with Gasteiger partial charge in [0.1, 0.15) is 12.4 Å². The van der Waals surface area contributed by atoms with Crippen LogP contribution in [0.25, 0.3) is 0 Å². The number of hydrogen-bond acceptors (Lipinski definition) is 5. The molecule has 33 heavy (non-hydrogen) atoms. The van der Waals surface area contributed by atoms with Crippen molar-refractivity contribution in [2.24, 2.45) is 5.92 Å². The van der Waals surface area contributed by atoms with E-state index in [0.717, 1.165) is 29.8 Å². The van der Waals surface area contributed by atoms with Crippen LogP contribution in [0.3, 0.4) is 0 Å². The summed E-state index contributed by atoms with van der Waals surface area (Å²) in [4.78, 5) is 29.9. The molecule has 0 radical (unpaired) electrons. The molecule has 1 aliphatic carbocycles. The zero-order valence-corrected chi connectivity index (χ0v) is 19.2. The van der Waals surface area contributed by atoms with Gasteiger partial charge in [0.25, 0.3) is 0 Å². The van der Waals surface area contributed by atoms with E-state index in [-0.39, 0.29) is 24.6 Å². The highest BCUT2D eigenvalue weighted by atomic mass is 16.6. The van der Waals surface area contributed by atoms with Crippen LogP contribution in [-0.4, -0.2) is 61.1 Å². The number of carbonyl (C=O) groups excluding carboxylic acids is 2. The minimum Gasteiger partial charge on any atom is -0.497 e. The first-order chi connectivity index (χ1) is 16.1. The number of nitrogens with one attached hydrogen (secondary N) is 1. The zero-order valence-electron chi connectivity index (χ0n) is 19.2. The molecule has 1 saturated heterocycles. The molecule has 0 spiro atoms. The molecule has 2 amide bonds. The van der Waals surface area contributed by atoms with E-state index < -0.39 is 0 Å². The SMILES string of the molecule is COc1ccc(NC(=O)C(C2CCCC2)N2CCN(C(=O)OCc3ccccc3)CC2)cc1. The molecule has 1 aliphatic heterocycles. The predicted octanol–water partition coefficient (Wildman–Crippen LogP) is 4.15. The first kappa shape index (κ1) is 23.1. The first-order valence-electron chi connectivity index (χ1n) is 11.8. The van der Waals surface area contributed by atoms with Crippen LogP contribution in [0.1, 0.15) is 31.2 Å². The van der Waals surface area contributed by atoms with E-state index in [0.29, 0.717) is 32.1 Å². The molecule has 1 atom stereocenters. The van der Waals surface area contributed by atoms with Crippen LogP contribution in [0.5, 0.6) is 5.75 Å². The second-order valence-electron chi connectivity index (χ2n) is 8.77. The maximum absolute atomic E-state index is 13.3. The molecule has 2 aromatic carbocycles. The average molecular weight is 452 g/mol. The van der Waals surface area contributed by atoms with Crippen molar-refractivity contribution in [1.29, 1.82) is 0 Å². The largest absolute Gasteiger partial charge is 0.497 e. The van der Waals surface area contributed by atoms with E-state index in [1.807, 2.05) is 54.6 Å². The molecule has 7 nitrogen and oxygen atoms in total. The molecule has 1 saturated carbocycles. The van der Waals surface area contributed by atoms with Gasteiger partial charge in [0.15, 0.2) is 0 Å². The number of piperazine rings is 1. The van der Waals surface area contributed by atoms with E-state index in [4.69, 9.17) is 9.47 Å². The van der Waals surface area contributed by atoms with Crippen molar-refractivity contribution in [3.05, 3.63) is 60.2 Å². The van der Waals surface area contributed by atoms with Crippen molar-refractivity contribution in [3.63, 3.8) is 0 Å². The summed E-state index contributed by atoms with van der Waals surface area (Å²) >= 11 is 0. The number of benzene rings is 2. The highest BCUT2D eigenvalue weighted by molar-refractivity contribution is 5.95. The van der Waals surface area contributed by atoms with Crippen LogP contribution in [0.4, 0.5) is 10.5 Å². The Morgan fingerprint density at radius 2 is 1.64 bits per heavy atom. The van der Waals surface area contributed by atoms with Gasteiger partial charge < -0.3 is 19.7 Å². The monoisotopic (exact) mass is 451 g/mol. The lowest BCUT2D eigenvalue weighted by atomic mass is 9.95. The van der Waals surface area contributed by atoms with Crippen molar-refractivity contribution >= 4 is 17.7 Å². The van der Waals surface area contributed by atoms with Crippen molar-refractivity contribution in [1.82, 2.24) is 9.80 Å². The van der Waals surface area contributed by atoms with Gasteiger partial charge >= 0.3 is 6.09 Å². The number of methoxy groups -OCH3 is 1. The molecule has 0 aromatic heterocycles. The molecule has 2 aliphatic rings. The lowest BCUT2D eigenvalue weighted by Crippen LogP contribution is -2.57. The molecule has 4 rings (SSSR count). The number of rotatable bonds is 7. The Bertz CT molecular complexity index is 905. The van der Waals surface area contributed by atoms with Crippen molar-refractivity contribution in [2.75, 3.05) is 38.6 Å². The summed E-state index contributed by atoms with van der Waals surface area (Å²) in [6, 6.07) is 16.9. The smallest absolute Gasteiger partial charge is 0.410 e. The third-order valence-corrected chi connectivity index (χ3v) is 6.64. The van der Waals surface area contributed by atoms with E-state index in [1.165, 1.54) is 12.8 Å². The number of hydrogen-bond donors (Lipinski definition) is 1. The van der Waals surface area contributed by atoms with Gasteiger partial charge in [0, 0.05) is 31.9 Å². The summed E-state index contributed by atoms with van der Waals surface area (Å²) < 4.78 is 10.7. The molecule has 2 fully saturated rings. The average Bonchev–Trinajstić information content (AvgIpc) is 3.38. The summed E-state index contributed by atoms with van der Waals surface area (Å²) in [6.45, 7) is 2.73. The van der Waals surface area contributed by atoms with Crippen LogP contribution in [0.15, 0.2) is 54.6 Å². The van der Waals surface area contributed by atoms with E-state index in [2.05, 4.69) is 10.2 Å². The molecule has 1 unspecified atom stereocenters. The second-order valence-corrected chi connectivity index (χ2v) is 8.77. The van der Waals surface area contributed by atoms with Gasteiger partial charge in [-0.25, -0.2) is 4.79 Å². The number of amides is 2. The van der Waals surface area contributed by atoms with Gasteiger partial charge in [-0.3, -0.25) is 9.69 Å². The summed E-state index contributed by atoms with van der Waals surface area (Å²) in [6.07, 6.45) is 4.18. The molecule has 1 heterocycles. The molecular weight excluding hydrogens is 418 g/mol. The molecule has 2 aromatic rings. The Balaban J connectivity index is 1.34. The van der Waals surface area contributed by atoms with Crippen LogP contribution < -0.4 is 10.1 Å². The number of ether oxygens (including phenoxy) is 2. The fourth-order valence-corrected chi connectivity index (χ4v) is 4.83. The van der Waals surface area contributed by atoms with Gasteiger partial charge in [-0.2, -0.15) is 0 Å². The number of nitrogens with zero attached hydrogens (tertiary/aromatic N) is 2. The van der Waals surface area contributed by atoms with E-state index in [1.54, 1.807) is 12.0 Å². The van der Waals surface area contributed by atoms with Crippen molar-refractivity contribution in [3.8, 4) is 5.75 Å². The van der Waals surface area contributed by atoms with Gasteiger partial charge in [0.2, 0.25) is 5.91 Å². The maximum atomic E-state index is 13.3. The summed E-state index contributed by atoms with van der Waals surface area (Å²) in [5.74, 6) is 1.14. The van der Waals surface area contributed by atoms with Gasteiger partial charge in [-0.05, 0) is 48.6 Å². The van der Waals surface area contributed by atoms with Crippen LogP contribution in [-0.2, 0) is 16.1 Å². The molecule has 176 valence electrons. The highest BCUT2D eigenvalue weighted by Crippen LogP contribution is 2.32. The lowest BCUT2D eigenvalue weighted by Gasteiger charge is -2.40. The van der Waals surface area contributed by atoms with Crippen LogP contribution in [0, 0.1) is 5.92 Å². The van der Waals surface area contributed by atoms with Gasteiger partial charge in [0.05, 0.1) is 13.2 Å². The standard InChI is InChI=1S/C26H33N3O4/c1-32-23-13-11-22(12-14-23)27-25(30)24(21-9-5-6-10-21)28-15-17-29(18-16-28)26(31)33-19-20-7-3-2-4-8-20/h2-4,7-8,11-14,21,24H,5-6,9-10,15-19H2,1H3,(H,27,30). The molecule has 7 heteroatoms. The number of anilines is 1. The summed E-state index contributed by atoms with van der Waals surface area (Å²) in [5.41, 5.74) is 1.74. The van der Waals surface area contributed by atoms with Crippen molar-refractivity contribution in [2.45, 2.75) is 38.3 Å².